The molecule has 1 amide bonds. The summed E-state index contributed by atoms with van der Waals surface area (Å²) < 4.78 is 27.5. The monoisotopic (exact) mass is 461 g/mol. The maximum absolute atomic E-state index is 12.5. The second-order valence-electron chi connectivity index (χ2n) is 8.00. The molecular formula is C23H31N3O3S2. The van der Waals surface area contributed by atoms with Gasteiger partial charge in [0.05, 0.1) is 4.90 Å². The number of sulfonamides is 1. The molecule has 0 aromatic heterocycles. The first-order valence-electron chi connectivity index (χ1n) is 10.5. The number of hydrogen-bond acceptors (Lipinski definition) is 5. The van der Waals surface area contributed by atoms with Crippen LogP contribution in [0.5, 0.6) is 0 Å². The molecule has 168 valence electrons. The second-order valence-corrected chi connectivity index (χ2v) is 11.0. The number of hydrogen-bond donors (Lipinski definition) is 2. The lowest BCUT2D eigenvalue weighted by atomic mass is 10.1. The first kappa shape index (κ1) is 23.8. The average molecular weight is 462 g/mol. The summed E-state index contributed by atoms with van der Waals surface area (Å²) >= 11 is 2.00. The quantitative estimate of drug-likeness (QED) is 0.629. The number of thioether (sulfide) groups is 1. The van der Waals surface area contributed by atoms with Crippen molar-refractivity contribution in [2.24, 2.45) is 0 Å². The van der Waals surface area contributed by atoms with Gasteiger partial charge in [-0.25, -0.2) is 13.1 Å². The maximum atomic E-state index is 12.5. The molecule has 2 aromatic carbocycles. The van der Waals surface area contributed by atoms with Crippen molar-refractivity contribution in [2.45, 2.75) is 38.6 Å². The molecule has 2 aromatic rings. The number of carbonyl (C=O) groups is 1. The Labute approximate surface area is 189 Å². The van der Waals surface area contributed by atoms with Gasteiger partial charge in [-0.05, 0) is 49.6 Å². The number of nitrogens with one attached hydrogen (secondary N) is 2. The van der Waals surface area contributed by atoms with Crippen molar-refractivity contribution in [3.63, 3.8) is 0 Å². The molecule has 2 N–H and O–H groups in total. The van der Waals surface area contributed by atoms with Crippen LogP contribution >= 0.6 is 11.8 Å². The highest BCUT2D eigenvalue weighted by molar-refractivity contribution is 7.99. The Morgan fingerprint density at radius 1 is 1.03 bits per heavy atom. The van der Waals surface area contributed by atoms with Crippen molar-refractivity contribution in [3.8, 4) is 0 Å². The fraction of sp³-hybridized carbons (Fsp3) is 0.435. The summed E-state index contributed by atoms with van der Waals surface area (Å²) in [5, 5.41) is 2.90. The van der Waals surface area contributed by atoms with E-state index >= 15 is 0 Å². The van der Waals surface area contributed by atoms with Crippen molar-refractivity contribution in [3.05, 3.63) is 58.7 Å². The number of anilines is 1. The number of nitrogens with zero attached hydrogens (tertiary/aromatic N) is 1. The minimum atomic E-state index is -3.64. The summed E-state index contributed by atoms with van der Waals surface area (Å²) in [6.07, 6.45) is 0.0662. The zero-order valence-corrected chi connectivity index (χ0v) is 20.0. The molecule has 3 rings (SSSR count). The summed E-state index contributed by atoms with van der Waals surface area (Å²) in [5.74, 6) is 2.15. The van der Waals surface area contributed by atoms with E-state index in [4.69, 9.17) is 0 Å². The van der Waals surface area contributed by atoms with Gasteiger partial charge in [-0.1, -0.05) is 29.8 Å². The van der Waals surface area contributed by atoms with Gasteiger partial charge in [-0.15, -0.1) is 0 Å². The van der Waals surface area contributed by atoms with Crippen LogP contribution in [0.15, 0.2) is 41.3 Å². The fourth-order valence-corrected chi connectivity index (χ4v) is 5.91. The van der Waals surface area contributed by atoms with Crippen LogP contribution in [0.3, 0.4) is 0 Å². The van der Waals surface area contributed by atoms with E-state index in [0.717, 1.165) is 36.4 Å². The van der Waals surface area contributed by atoms with Crippen LogP contribution in [0.25, 0.3) is 0 Å². The van der Waals surface area contributed by atoms with Crippen molar-refractivity contribution < 1.29 is 13.2 Å². The van der Waals surface area contributed by atoms with Gasteiger partial charge >= 0.3 is 0 Å². The van der Waals surface area contributed by atoms with Crippen molar-refractivity contribution in [1.29, 1.82) is 0 Å². The van der Waals surface area contributed by atoms with Gasteiger partial charge in [0, 0.05) is 49.8 Å². The highest BCUT2D eigenvalue weighted by Gasteiger charge is 2.17. The van der Waals surface area contributed by atoms with Crippen LogP contribution in [0.2, 0.25) is 0 Å². The predicted molar refractivity (Wildman–Crippen MR) is 128 cm³/mol. The van der Waals surface area contributed by atoms with E-state index in [1.54, 1.807) is 19.1 Å². The molecule has 0 spiro atoms. The predicted octanol–water partition coefficient (Wildman–Crippen LogP) is 3.47. The first-order chi connectivity index (χ1) is 14.7. The second kappa shape index (κ2) is 10.6. The topological polar surface area (TPSA) is 78.5 Å². The summed E-state index contributed by atoms with van der Waals surface area (Å²) in [6.45, 7) is 8.86. The molecule has 6 nitrogen and oxygen atoms in total. The van der Waals surface area contributed by atoms with Gasteiger partial charge in [0.15, 0.2) is 0 Å². The highest BCUT2D eigenvalue weighted by atomic mass is 32.2. The molecule has 1 aliphatic heterocycles. The first-order valence-corrected chi connectivity index (χ1v) is 13.1. The molecule has 0 saturated carbocycles. The lowest BCUT2D eigenvalue weighted by Crippen LogP contribution is -2.32. The Balaban J connectivity index is 1.51. The molecule has 0 atom stereocenters. The molecule has 0 bridgehead atoms. The van der Waals surface area contributed by atoms with E-state index < -0.39 is 10.0 Å². The lowest BCUT2D eigenvalue weighted by Gasteiger charge is -2.26. The van der Waals surface area contributed by atoms with E-state index in [0.29, 0.717) is 5.56 Å². The van der Waals surface area contributed by atoms with Crippen LogP contribution in [-0.4, -0.2) is 50.4 Å². The minimum Gasteiger partial charge on any atom is -0.326 e. The van der Waals surface area contributed by atoms with Crippen molar-refractivity contribution in [2.75, 3.05) is 36.5 Å². The number of aryl methyl sites for hydroxylation is 3. The summed E-state index contributed by atoms with van der Waals surface area (Å²) in [4.78, 5) is 15.0. The maximum Gasteiger partial charge on any atom is 0.240 e. The smallest absolute Gasteiger partial charge is 0.240 e. The molecule has 1 aliphatic rings. The molecule has 31 heavy (non-hydrogen) atoms. The Bertz CT molecular complexity index is 1030. The van der Waals surface area contributed by atoms with Gasteiger partial charge in [0.1, 0.15) is 0 Å². The van der Waals surface area contributed by atoms with Crippen LogP contribution in [-0.2, 0) is 21.4 Å². The van der Waals surface area contributed by atoms with E-state index in [1.807, 2.05) is 43.8 Å². The van der Waals surface area contributed by atoms with E-state index in [1.165, 1.54) is 17.1 Å². The third-order valence-corrected chi connectivity index (χ3v) is 7.90. The van der Waals surface area contributed by atoms with Crippen LogP contribution < -0.4 is 10.0 Å². The molecule has 0 aliphatic carbocycles. The molecule has 0 unspecified atom stereocenters. The Morgan fingerprint density at radius 3 is 2.45 bits per heavy atom. The average Bonchev–Trinajstić information content (AvgIpc) is 2.70. The van der Waals surface area contributed by atoms with Crippen LogP contribution in [0.4, 0.5) is 5.69 Å². The number of carbonyl (C=O) groups excluding carboxylic acids is 1. The Morgan fingerprint density at radius 2 is 1.77 bits per heavy atom. The number of benzene rings is 2. The third-order valence-electron chi connectivity index (χ3n) is 5.34. The summed E-state index contributed by atoms with van der Waals surface area (Å²) in [6, 6.07) is 11.3. The van der Waals surface area contributed by atoms with Crippen LogP contribution in [0, 0.1) is 20.8 Å². The number of rotatable bonds is 8. The SMILES string of the molecule is Cc1ccc(S(=O)(=O)NCCC(=O)Nc2ccc(CN3CCSCC3)cc2C)c(C)c1. The largest absolute Gasteiger partial charge is 0.326 e. The van der Waals surface area contributed by atoms with Gasteiger partial charge in [-0.2, -0.15) is 11.8 Å². The molecule has 1 fully saturated rings. The molecular weight excluding hydrogens is 430 g/mol. The molecule has 8 heteroatoms. The number of amides is 1. The zero-order valence-electron chi connectivity index (χ0n) is 18.4. The molecule has 1 heterocycles. The van der Waals surface area contributed by atoms with E-state index in [-0.39, 0.29) is 23.8 Å². The van der Waals surface area contributed by atoms with E-state index in [9.17, 15) is 13.2 Å². The summed E-state index contributed by atoms with van der Waals surface area (Å²) in [7, 11) is -3.64. The van der Waals surface area contributed by atoms with Crippen LogP contribution in [0.1, 0.15) is 28.7 Å². The fourth-order valence-electron chi connectivity index (χ4n) is 3.67. The van der Waals surface area contributed by atoms with Gasteiger partial charge in [0.2, 0.25) is 15.9 Å². The van der Waals surface area contributed by atoms with Gasteiger partial charge in [0.25, 0.3) is 0 Å². The van der Waals surface area contributed by atoms with Gasteiger partial charge in [-0.3, -0.25) is 9.69 Å². The zero-order chi connectivity index (χ0) is 22.4. The van der Waals surface area contributed by atoms with Crippen molar-refractivity contribution in [1.82, 2.24) is 9.62 Å². The Kier molecular flexibility index (Phi) is 8.16. The Hall–Kier alpha value is -1.87. The third kappa shape index (κ3) is 6.80. The molecule has 1 saturated heterocycles. The highest BCUT2D eigenvalue weighted by Crippen LogP contribution is 2.20. The van der Waals surface area contributed by atoms with E-state index in [2.05, 4.69) is 21.0 Å². The van der Waals surface area contributed by atoms with Gasteiger partial charge < -0.3 is 5.32 Å². The molecule has 0 radical (unpaired) electrons. The normalized spacial score (nSPS) is 15.1. The minimum absolute atomic E-state index is 0.0472. The summed E-state index contributed by atoms with van der Waals surface area (Å²) in [5.41, 5.74) is 4.71. The standard InChI is InChI=1S/C23H31N3O3S2/c1-17-4-7-22(19(3)14-17)31(28,29)24-9-8-23(27)25-21-6-5-20(15-18(21)2)16-26-10-12-30-13-11-26/h4-7,14-15,24H,8-13,16H2,1-3H3,(H,25,27). The van der Waals surface area contributed by atoms with Crippen molar-refractivity contribution >= 4 is 33.4 Å². The lowest BCUT2D eigenvalue weighted by molar-refractivity contribution is -0.116.